The first kappa shape index (κ1) is 11.6. The fraction of sp³-hybridized carbons (Fsp3) is 0.500. The lowest BCUT2D eigenvalue weighted by Gasteiger charge is -2.13. The van der Waals surface area contributed by atoms with Gasteiger partial charge in [0.1, 0.15) is 6.61 Å². The van der Waals surface area contributed by atoms with Gasteiger partial charge in [0.2, 0.25) is 0 Å². The number of carbonyl (C=O) groups is 1. The largest absolute Gasteiger partial charge is 0.390 e. The highest BCUT2D eigenvalue weighted by molar-refractivity contribution is 5.94. The molecule has 0 bridgehead atoms. The molecule has 3 N–H and O–H groups in total. The Bertz CT molecular complexity index is 351. The predicted octanol–water partition coefficient (Wildman–Crippen LogP) is 0.0755. The van der Waals surface area contributed by atoms with E-state index in [1.54, 1.807) is 6.92 Å². The van der Waals surface area contributed by atoms with Gasteiger partial charge in [0.15, 0.2) is 0 Å². The van der Waals surface area contributed by atoms with Gasteiger partial charge in [-0.1, -0.05) is 0 Å². The van der Waals surface area contributed by atoms with Crippen LogP contribution >= 0.6 is 0 Å². The fourth-order valence-electron chi connectivity index (χ4n) is 0.940. The molecule has 1 aromatic heterocycles. The highest BCUT2D eigenvalue weighted by Crippen LogP contribution is 2.10. The van der Waals surface area contributed by atoms with E-state index in [9.17, 15) is 13.6 Å². The predicted molar refractivity (Wildman–Crippen MR) is 47.7 cm³/mol. The zero-order valence-electron chi connectivity index (χ0n) is 8.05. The van der Waals surface area contributed by atoms with Crippen molar-refractivity contribution in [3.63, 3.8) is 0 Å². The third kappa shape index (κ3) is 2.98. The first-order valence-corrected chi connectivity index (χ1v) is 4.23. The average molecular weight is 219 g/mol. The van der Waals surface area contributed by atoms with E-state index < -0.39 is 25.0 Å². The van der Waals surface area contributed by atoms with Gasteiger partial charge in [-0.25, -0.2) is 8.78 Å². The monoisotopic (exact) mass is 219 g/mol. The van der Waals surface area contributed by atoms with Crippen LogP contribution in [0.25, 0.3) is 0 Å². The van der Waals surface area contributed by atoms with Crippen LogP contribution in [0.15, 0.2) is 6.20 Å². The van der Waals surface area contributed by atoms with Crippen molar-refractivity contribution in [1.82, 2.24) is 15.5 Å². The quantitative estimate of drug-likeness (QED) is 0.670. The van der Waals surface area contributed by atoms with Crippen molar-refractivity contribution in [3.8, 4) is 0 Å². The number of amides is 1. The molecule has 0 aromatic carbocycles. The van der Waals surface area contributed by atoms with Crippen LogP contribution in [0.4, 0.5) is 8.78 Å². The van der Waals surface area contributed by atoms with E-state index in [1.165, 1.54) is 6.20 Å². The maximum atomic E-state index is 12.6. The molecule has 0 fully saturated rings. The molecule has 5 nitrogen and oxygen atoms in total. The van der Waals surface area contributed by atoms with Gasteiger partial charge in [-0.05, 0) is 6.92 Å². The fourth-order valence-corrected chi connectivity index (χ4v) is 0.940. The van der Waals surface area contributed by atoms with Crippen LogP contribution < -0.4 is 5.32 Å². The van der Waals surface area contributed by atoms with Crippen molar-refractivity contribution in [1.29, 1.82) is 0 Å². The third-order valence-electron chi connectivity index (χ3n) is 1.81. The number of nitrogens with zero attached hydrogens (tertiary/aromatic N) is 1. The minimum atomic E-state index is -3.30. The summed E-state index contributed by atoms with van der Waals surface area (Å²) in [5.74, 6) is -3.94. The van der Waals surface area contributed by atoms with Gasteiger partial charge >= 0.3 is 0 Å². The van der Waals surface area contributed by atoms with Crippen LogP contribution in [0.1, 0.15) is 16.1 Å². The number of aliphatic hydroxyl groups is 1. The molecule has 1 amide bonds. The zero-order chi connectivity index (χ0) is 11.5. The number of aliphatic hydroxyl groups excluding tert-OH is 1. The summed E-state index contributed by atoms with van der Waals surface area (Å²) in [6.45, 7) is -0.587. The van der Waals surface area contributed by atoms with Crippen molar-refractivity contribution < 1.29 is 18.7 Å². The summed E-state index contributed by atoms with van der Waals surface area (Å²) in [6, 6.07) is 0. The molecule has 1 rings (SSSR count). The molecule has 0 aliphatic rings. The lowest BCUT2D eigenvalue weighted by Crippen LogP contribution is -2.39. The highest BCUT2D eigenvalue weighted by atomic mass is 19.3. The van der Waals surface area contributed by atoms with Crippen LogP contribution in [0, 0.1) is 6.92 Å². The van der Waals surface area contributed by atoms with E-state index in [2.05, 4.69) is 10.2 Å². The number of hydrogen-bond donors (Lipinski definition) is 3. The van der Waals surface area contributed by atoms with Crippen LogP contribution in [0.2, 0.25) is 0 Å². The van der Waals surface area contributed by atoms with E-state index in [1.807, 2.05) is 5.32 Å². The van der Waals surface area contributed by atoms with E-state index >= 15 is 0 Å². The van der Waals surface area contributed by atoms with Crippen LogP contribution in [-0.2, 0) is 0 Å². The van der Waals surface area contributed by atoms with Gasteiger partial charge in [0, 0.05) is 5.69 Å². The summed E-state index contributed by atoms with van der Waals surface area (Å²) in [7, 11) is 0. The summed E-state index contributed by atoms with van der Waals surface area (Å²) in [6.07, 6.45) is 1.25. The number of halogens is 2. The average Bonchev–Trinajstić information content (AvgIpc) is 2.61. The number of aromatic amines is 1. The Morgan fingerprint density at radius 2 is 2.40 bits per heavy atom. The standard InChI is InChI=1S/C8H11F2N3O2/c1-5-6(2-12-13-5)7(15)11-3-8(9,10)4-14/h2,14H,3-4H2,1H3,(H,11,15)(H,12,13). The Morgan fingerprint density at radius 1 is 1.73 bits per heavy atom. The first-order valence-electron chi connectivity index (χ1n) is 4.23. The minimum Gasteiger partial charge on any atom is -0.390 e. The number of rotatable bonds is 4. The van der Waals surface area contributed by atoms with Gasteiger partial charge in [-0.15, -0.1) is 0 Å². The maximum Gasteiger partial charge on any atom is 0.287 e. The molecule has 0 atom stereocenters. The van der Waals surface area contributed by atoms with Gasteiger partial charge in [0.25, 0.3) is 11.8 Å². The molecule has 0 saturated carbocycles. The molecule has 7 heteroatoms. The summed E-state index contributed by atoms with van der Waals surface area (Å²) in [5.41, 5.74) is 0.712. The Balaban J connectivity index is 2.55. The summed E-state index contributed by atoms with van der Waals surface area (Å²) in [4.78, 5) is 11.3. The Hall–Kier alpha value is -1.50. The third-order valence-corrected chi connectivity index (χ3v) is 1.81. The van der Waals surface area contributed by atoms with Crippen molar-refractivity contribution in [3.05, 3.63) is 17.5 Å². The van der Waals surface area contributed by atoms with Crippen molar-refractivity contribution in [2.24, 2.45) is 0 Å². The molecular weight excluding hydrogens is 208 g/mol. The number of carbonyl (C=O) groups excluding carboxylic acids is 1. The molecule has 1 aromatic rings. The number of alkyl halides is 2. The van der Waals surface area contributed by atoms with Crippen LogP contribution in [0.5, 0.6) is 0 Å². The lowest BCUT2D eigenvalue weighted by molar-refractivity contribution is -0.0462. The van der Waals surface area contributed by atoms with Gasteiger partial charge in [0.05, 0.1) is 18.3 Å². The van der Waals surface area contributed by atoms with E-state index in [0.29, 0.717) is 5.69 Å². The molecular formula is C8H11F2N3O2. The Morgan fingerprint density at radius 3 is 2.87 bits per heavy atom. The highest BCUT2D eigenvalue weighted by Gasteiger charge is 2.28. The number of aryl methyl sites for hydroxylation is 1. The second-order valence-corrected chi connectivity index (χ2v) is 3.11. The number of nitrogens with one attached hydrogen (secondary N) is 2. The van der Waals surface area contributed by atoms with E-state index in [4.69, 9.17) is 5.11 Å². The van der Waals surface area contributed by atoms with Crippen molar-refractivity contribution in [2.75, 3.05) is 13.2 Å². The molecule has 0 aliphatic heterocycles. The second-order valence-electron chi connectivity index (χ2n) is 3.11. The van der Waals surface area contributed by atoms with Crippen LogP contribution in [-0.4, -0.2) is 40.3 Å². The van der Waals surface area contributed by atoms with Gasteiger partial charge in [-0.3, -0.25) is 9.89 Å². The van der Waals surface area contributed by atoms with Gasteiger partial charge in [-0.2, -0.15) is 5.10 Å². The first-order chi connectivity index (χ1) is 6.96. The smallest absolute Gasteiger partial charge is 0.287 e. The van der Waals surface area contributed by atoms with Crippen molar-refractivity contribution in [2.45, 2.75) is 12.8 Å². The SMILES string of the molecule is Cc1[nH]ncc1C(=O)NCC(F)(F)CO. The molecule has 0 spiro atoms. The maximum absolute atomic E-state index is 12.6. The number of aromatic nitrogens is 2. The molecule has 0 aliphatic carbocycles. The Labute approximate surface area is 84.5 Å². The van der Waals surface area contributed by atoms with Crippen molar-refractivity contribution >= 4 is 5.91 Å². The lowest BCUT2D eigenvalue weighted by atomic mass is 10.2. The normalized spacial score (nSPS) is 11.5. The summed E-state index contributed by atoms with van der Waals surface area (Å²) >= 11 is 0. The van der Waals surface area contributed by atoms with E-state index in [0.717, 1.165) is 0 Å². The molecule has 84 valence electrons. The van der Waals surface area contributed by atoms with Crippen LogP contribution in [0.3, 0.4) is 0 Å². The minimum absolute atomic E-state index is 0.212. The topological polar surface area (TPSA) is 78.0 Å². The molecule has 15 heavy (non-hydrogen) atoms. The summed E-state index contributed by atoms with van der Waals surface area (Å²) < 4.78 is 25.1. The summed E-state index contributed by atoms with van der Waals surface area (Å²) in [5, 5.41) is 16.4. The second kappa shape index (κ2) is 4.35. The number of H-pyrrole nitrogens is 1. The molecule has 0 unspecified atom stereocenters. The molecule has 0 saturated heterocycles. The number of hydrogen-bond acceptors (Lipinski definition) is 3. The Kier molecular flexibility index (Phi) is 3.35. The molecule has 0 radical (unpaired) electrons. The van der Waals surface area contributed by atoms with Gasteiger partial charge < -0.3 is 10.4 Å². The van der Waals surface area contributed by atoms with E-state index in [-0.39, 0.29) is 5.56 Å². The zero-order valence-corrected chi connectivity index (χ0v) is 8.05. The molecule has 1 heterocycles.